The zero-order chi connectivity index (χ0) is 21.3. The van der Waals surface area contributed by atoms with E-state index in [0.717, 1.165) is 0 Å². The van der Waals surface area contributed by atoms with Gasteiger partial charge in [-0.05, 0) is 24.3 Å². The Morgan fingerprint density at radius 3 is 2.37 bits per heavy atom. The van der Waals surface area contributed by atoms with Crippen LogP contribution in [0, 0.1) is 0 Å². The summed E-state index contributed by atoms with van der Waals surface area (Å²) in [5.41, 5.74) is 0.774. The Bertz CT molecular complexity index is 1030. The van der Waals surface area contributed by atoms with E-state index < -0.39 is 12.1 Å². The minimum absolute atomic E-state index is 0.125. The Kier molecular flexibility index (Phi) is 5.29. The summed E-state index contributed by atoms with van der Waals surface area (Å²) in [6.45, 7) is 2.09. The van der Waals surface area contributed by atoms with E-state index in [2.05, 4.69) is 24.6 Å². The third-order valence-corrected chi connectivity index (χ3v) is 4.76. The molecular formula is C18H14ClF3N6O2. The molecule has 0 N–H and O–H groups in total. The van der Waals surface area contributed by atoms with Gasteiger partial charge in [-0.3, -0.25) is 4.79 Å². The molecule has 0 aromatic carbocycles. The number of halogens is 4. The number of aromatic nitrogens is 4. The van der Waals surface area contributed by atoms with Gasteiger partial charge in [0.1, 0.15) is 11.0 Å². The zero-order valence-corrected chi connectivity index (χ0v) is 16.1. The van der Waals surface area contributed by atoms with Gasteiger partial charge in [0.05, 0.1) is 5.56 Å². The molecule has 1 aliphatic rings. The van der Waals surface area contributed by atoms with E-state index in [4.69, 9.17) is 11.6 Å². The highest BCUT2D eigenvalue weighted by Gasteiger charge is 2.38. The largest absolute Gasteiger partial charge is 0.471 e. The Morgan fingerprint density at radius 2 is 1.80 bits per heavy atom. The first kappa shape index (κ1) is 20.1. The second kappa shape index (κ2) is 7.90. The van der Waals surface area contributed by atoms with E-state index >= 15 is 0 Å². The zero-order valence-electron chi connectivity index (χ0n) is 15.3. The van der Waals surface area contributed by atoms with Crippen LogP contribution in [0.1, 0.15) is 16.2 Å². The van der Waals surface area contributed by atoms with Crippen LogP contribution < -0.4 is 4.90 Å². The Morgan fingerprint density at radius 1 is 1.03 bits per heavy atom. The molecule has 8 nitrogen and oxygen atoms in total. The summed E-state index contributed by atoms with van der Waals surface area (Å²) in [7, 11) is 0. The van der Waals surface area contributed by atoms with Crippen LogP contribution in [-0.4, -0.2) is 57.1 Å². The molecule has 12 heteroatoms. The van der Waals surface area contributed by atoms with E-state index in [-0.39, 0.29) is 11.7 Å². The molecule has 0 spiro atoms. The van der Waals surface area contributed by atoms with E-state index in [1.807, 2.05) is 4.90 Å². The number of hydrogen-bond donors (Lipinski definition) is 0. The van der Waals surface area contributed by atoms with Gasteiger partial charge in [0, 0.05) is 44.1 Å². The standard InChI is InChI=1S/C18H14ClF3N6O2/c19-13-3-1-12(10-23-13)16(29)28-7-5-27(6-8-28)14-4-2-11(9-24-14)15-25-17(30-26-15)18(20,21)22/h1-4,9-10H,5-8H2. The first-order valence-corrected chi connectivity index (χ1v) is 9.22. The first-order valence-electron chi connectivity index (χ1n) is 8.84. The summed E-state index contributed by atoms with van der Waals surface area (Å²) in [5, 5.41) is 3.66. The van der Waals surface area contributed by atoms with Gasteiger partial charge in [-0.25, -0.2) is 9.97 Å². The molecule has 0 saturated carbocycles. The molecule has 1 aliphatic heterocycles. The molecule has 1 fully saturated rings. The van der Waals surface area contributed by atoms with Crippen molar-refractivity contribution in [1.82, 2.24) is 25.0 Å². The van der Waals surface area contributed by atoms with Gasteiger partial charge in [0.15, 0.2) is 0 Å². The molecule has 1 saturated heterocycles. The molecule has 4 heterocycles. The Hall–Kier alpha value is -3.21. The quantitative estimate of drug-likeness (QED) is 0.580. The highest BCUT2D eigenvalue weighted by Crippen LogP contribution is 2.29. The van der Waals surface area contributed by atoms with E-state index in [1.54, 1.807) is 29.2 Å². The molecule has 0 aliphatic carbocycles. The van der Waals surface area contributed by atoms with Crippen LogP contribution in [0.4, 0.5) is 19.0 Å². The van der Waals surface area contributed by atoms with Gasteiger partial charge >= 0.3 is 12.1 Å². The number of carbonyl (C=O) groups is 1. The molecule has 3 aromatic rings. The monoisotopic (exact) mass is 438 g/mol. The minimum atomic E-state index is -4.70. The number of carbonyl (C=O) groups excluding carboxylic acids is 1. The number of piperazine rings is 1. The van der Waals surface area contributed by atoms with Crippen LogP contribution in [0.25, 0.3) is 11.4 Å². The van der Waals surface area contributed by atoms with E-state index in [9.17, 15) is 18.0 Å². The number of pyridine rings is 2. The van der Waals surface area contributed by atoms with Gasteiger partial charge < -0.3 is 14.3 Å². The van der Waals surface area contributed by atoms with Crippen molar-refractivity contribution in [2.24, 2.45) is 0 Å². The molecular weight excluding hydrogens is 425 g/mol. The average molecular weight is 439 g/mol. The lowest BCUT2D eigenvalue weighted by Crippen LogP contribution is -2.49. The predicted octanol–water partition coefficient (Wildman–Crippen LogP) is 3.16. The fraction of sp³-hybridized carbons (Fsp3) is 0.278. The summed E-state index contributed by atoms with van der Waals surface area (Å²) >= 11 is 5.75. The second-order valence-corrected chi connectivity index (χ2v) is 6.86. The normalized spacial score (nSPS) is 14.8. The lowest BCUT2D eigenvalue weighted by atomic mass is 10.2. The van der Waals surface area contributed by atoms with Crippen LogP contribution in [0.5, 0.6) is 0 Å². The SMILES string of the molecule is O=C(c1ccc(Cl)nc1)N1CCN(c2ccc(-c3noc(C(F)(F)F)n3)cn2)CC1. The summed E-state index contributed by atoms with van der Waals surface area (Å²) in [6.07, 6.45) is -1.87. The molecule has 3 aromatic heterocycles. The second-order valence-electron chi connectivity index (χ2n) is 6.47. The van der Waals surface area contributed by atoms with E-state index in [0.29, 0.717) is 48.3 Å². The molecule has 4 rings (SSSR count). The topological polar surface area (TPSA) is 88.3 Å². The number of amides is 1. The molecule has 0 radical (unpaired) electrons. The number of alkyl halides is 3. The maximum atomic E-state index is 12.6. The number of hydrogen-bond acceptors (Lipinski definition) is 7. The van der Waals surface area contributed by atoms with Crippen molar-refractivity contribution in [3.8, 4) is 11.4 Å². The van der Waals surface area contributed by atoms with Crippen LogP contribution in [0.3, 0.4) is 0 Å². The van der Waals surface area contributed by atoms with Crippen LogP contribution in [0.2, 0.25) is 5.15 Å². The van der Waals surface area contributed by atoms with Crippen molar-refractivity contribution in [3.05, 3.63) is 53.3 Å². The fourth-order valence-corrected chi connectivity index (χ4v) is 3.10. The number of nitrogens with zero attached hydrogens (tertiary/aromatic N) is 6. The third-order valence-electron chi connectivity index (χ3n) is 4.54. The van der Waals surface area contributed by atoms with Gasteiger partial charge in [-0.2, -0.15) is 18.2 Å². The van der Waals surface area contributed by atoms with Gasteiger partial charge in [-0.1, -0.05) is 16.8 Å². The molecule has 0 bridgehead atoms. The van der Waals surface area contributed by atoms with Gasteiger partial charge in [0.2, 0.25) is 5.82 Å². The fourth-order valence-electron chi connectivity index (χ4n) is 2.98. The van der Waals surface area contributed by atoms with Crippen molar-refractivity contribution >= 4 is 23.3 Å². The van der Waals surface area contributed by atoms with E-state index in [1.165, 1.54) is 12.4 Å². The lowest BCUT2D eigenvalue weighted by molar-refractivity contribution is -0.159. The van der Waals surface area contributed by atoms with Crippen molar-refractivity contribution < 1.29 is 22.5 Å². The highest BCUT2D eigenvalue weighted by molar-refractivity contribution is 6.29. The minimum Gasteiger partial charge on any atom is -0.353 e. The lowest BCUT2D eigenvalue weighted by Gasteiger charge is -2.35. The highest BCUT2D eigenvalue weighted by atomic mass is 35.5. The number of rotatable bonds is 3. The smallest absolute Gasteiger partial charge is 0.353 e. The molecule has 0 atom stereocenters. The Labute approximate surface area is 173 Å². The molecule has 0 unspecified atom stereocenters. The summed E-state index contributed by atoms with van der Waals surface area (Å²) < 4.78 is 42.0. The number of anilines is 1. The van der Waals surface area contributed by atoms with Crippen LogP contribution >= 0.6 is 11.6 Å². The summed E-state index contributed by atoms with van der Waals surface area (Å²) in [5.74, 6) is -1.08. The van der Waals surface area contributed by atoms with Gasteiger partial charge in [-0.15, -0.1) is 0 Å². The first-order chi connectivity index (χ1) is 14.3. The van der Waals surface area contributed by atoms with Crippen molar-refractivity contribution in [2.45, 2.75) is 6.18 Å². The third kappa shape index (κ3) is 4.20. The molecule has 156 valence electrons. The molecule has 1 amide bonds. The maximum absolute atomic E-state index is 12.6. The summed E-state index contributed by atoms with van der Waals surface area (Å²) in [4.78, 5) is 27.8. The summed E-state index contributed by atoms with van der Waals surface area (Å²) in [6, 6.07) is 6.44. The average Bonchev–Trinajstić information content (AvgIpc) is 3.25. The predicted molar refractivity (Wildman–Crippen MR) is 99.9 cm³/mol. The van der Waals surface area contributed by atoms with Crippen molar-refractivity contribution in [3.63, 3.8) is 0 Å². The van der Waals surface area contributed by atoms with Crippen molar-refractivity contribution in [2.75, 3.05) is 31.1 Å². The maximum Gasteiger partial charge on any atom is 0.471 e. The van der Waals surface area contributed by atoms with Crippen LogP contribution in [-0.2, 0) is 6.18 Å². The van der Waals surface area contributed by atoms with Crippen molar-refractivity contribution in [1.29, 1.82) is 0 Å². The van der Waals surface area contributed by atoms with Gasteiger partial charge in [0.25, 0.3) is 5.91 Å². The molecule has 30 heavy (non-hydrogen) atoms. The Balaban J connectivity index is 1.38. The van der Waals surface area contributed by atoms with Crippen LogP contribution in [0.15, 0.2) is 41.2 Å².